The van der Waals surface area contributed by atoms with Gasteiger partial charge in [0.1, 0.15) is 5.82 Å². The van der Waals surface area contributed by atoms with Gasteiger partial charge in [-0.1, -0.05) is 42.0 Å². The Morgan fingerprint density at radius 3 is 2.31 bits per heavy atom. The number of para-hydroxylation sites is 1. The van der Waals surface area contributed by atoms with Gasteiger partial charge in [0.25, 0.3) is 5.91 Å². The predicted molar refractivity (Wildman–Crippen MR) is 142 cm³/mol. The third-order valence-electron chi connectivity index (χ3n) is 6.99. The van der Waals surface area contributed by atoms with Gasteiger partial charge in [-0.3, -0.25) is 4.79 Å². The molecule has 1 fully saturated rings. The van der Waals surface area contributed by atoms with Crippen molar-refractivity contribution in [3.8, 4) is 0 Å². The Kier molecular flexibility index (Phi) is 7.99. The lowest BCUT2D eigenvalue weighted by molar-refractivity contribution is -0.217. The third kappa shape index (κ3) is 6.40. The van der Waals surface area contributed by atoms with Crippen molar-refractivity contribution in [3.05, 3.63) is 59.7 Å². The summed E-state index contributed by atoms with van der Waals surface area (Å²) in [5.41, 5.74) is 0.619. The molecule has 8 nitrogen and oxygen atoms in total. The number of nitrogens with one attached hydrogen (secondary N) is 2. The number of nitrogens with zero attached hydrogens (tertiary/aromatic N) is 3. The Morgan fingerprint density at radius 1 is 1.05 bits per heavy atom. The third-order valence-corrected chi connectivity index (χ3v) is 6.99. The zero-order chi connectivity index (χ0) is 28.4. The number of anilines is 2. The predicted octanol–water partition coefficient (Wildman–Crippen LogP) is 5.08. The van der Waals surface area contributed by atoms with Crippen LogP contribution in [0.2, 0.25) is 0 Å². The molecule has 0 radical (unpaired) electrons. The highest BCUT2D eigenvalue weighted by atomic mass is 19.4. The second kappa shape index (κ2) is 11.1. The summed E-state index contributed by atoms with van der Waals surface area (Å²) in [7, 11) is 3.75. The Hall–Kier alpha value is -3.89. The first-order chi connectivity index (χ1) is 18.4. The summed E-state index contributed by atoms with van der Waals surface area (Å²) in [4.78, 5) is 36.3. The topological polar surface area (TPSA) is 96.4 Å². The van der Waals surface area contributed by atoms with Gasteiger partial charge in [0.05, 0.1) is 11.6 Å². The maximum absolute atomic E-state index is 13.4. The van der Waals surface area contributed by atoms with Crippen LogP contribution in [0.15, 0.2) is 48.5 Å². The van der Waals surface area contributed by atoms with Crippen LogP contribution >= 0.6 is 0 Å². The van der Waals surface area contributed by atoms with E-state index in [1.807, 2.05) is 74.4 Å². The standard InChI is InChI=1S/C28H32F3N5O3/c1-17-9-11-19(12-10-17)18(2)32-24(37)27(39-25(38)28(29,30)31)15-13-20(14-16-27)33-26-34-22-8-6-5-7-21(22)23(35-26)36(3)4/h5-12,18,20H,13-16H2,1-4H3,(H,32,37)(H,33,34,35)/t18-,20?,27?/m0/s1. The Bertz CT molecular complexity index is 1340. The van der Waals surface area contributed by atoms with Crippen LogP contribution in [0.25, 0.3) is 10.9 Å². The number of carbonyl (C=O) groups excluding carboxylic acids is 2. The normalized spacial score (nSPS) is 20.2. The Labute approximate surface area is 225 Å². The van der Waals surface area contributed by atoms with E-state index in [-0.39, 0.29) is 31.7 Å². The summed E-state index contributed by atoms with van der Waals surface area (Å²) in [5.74, 6) is -2.03. The van der Waals surface area contributed by atoms with Crippen molar-refractivity contribution in [2.45, 2.75) is 63.4 Å². The number of rotatable bonds is 7. The van der Waals surface area contributed by atoms with Crippen molar-refractivity contribution >= 4 is 34.5 Å². The van der Waals surface area contributed by atoms with Crippen LogP contribution in [-0.2, 0) is 14.3 Å². The molecule has 39 heavy (non-hydrogen) atoms. The van der Waals surface area contributed by atoms with E-state index in [9.17, 15) is 22.8 Å². The molecule has 1 atom stereocenters. The van der Waals surface area contributed by atoms with Gasteiger partial charge in [0.2, 0.25) is 5.95 Å². The fourth-order valence-corrected chi connectivity index (χ4v) is 4.75. The van der Waals surface area contributed by atoms with Crippen molar-refractivity contribution in [1.29, 1.82) is 0 Å². The first kappa shape index (κ1) is 28.1. The minimum Gasteiger partial charge on any atom is -0.442 e. The van der Waals surface area contributed by atoms with Crippen molar-refractivity contribution in [2.75, 3.05) is 24.3 Å². The maximum atomic E-state index is 13.4. The summed E-state index contributed by atoms with van der Waals surface area (Å²) in [6.07, 6.45) is -4.86. The molecule has 0 unspecified atom stereocenters. The number of ether oxygens (including phenoxy) is 1. The number of fused-ring (bicyclic) bond motifs is 1. The van der Waals surface area contributed by atoms with Gasteiger partial charge in [-0.05, 0) is 57.2 Å². The molecule has 1 amide bonds. The van der Waals surface area contributed by atoms with Crippen LogP contribution in [0.1, 0.15) is 49.8 Å². The molecular formula is C28H32F3N5O3. The molecule has 0 spiro atoms. The van der Waals surface area contributed by atoms with E-state index >= 15 is 0 Å². The molecule has 1 saturated carbocycles. The maximum Gasteiger partial charge on any atom is 0.490 e. The van der Waals surface area contributed by atoms with Crippen molar-refractivity contribution in [3.63, 3.8) is 0 Å². The Morgan fingerprint density at radius 2 is 1.69 bits per heavy atom. The molecule has 0 saturated heterocycles. The highest BCUT2D eigenvalue weighted by Crippen LogP contribution is 2.36. The molecule has 2 aromatic carbocycles. The number of halogens is 3. The summed E-state index contributed by atoms with van der Waals surface area (Å²) in [5, 5.41) is 6.89. The number of aryl methyl sites for hydroxylation is 1. The average Bonchev–Trinajstić information content (AvgIpc) is 2.89. The zero-order valence-electron chi connectivity index (χ0n) is 22.3. The lowest BCUT2D eigenvalue weighted by atomic mass is 9.81. The largest absolute Gasteiger partial charge is 0.490 e. The fraction of sp³-hybridized carbons (Fsp3) is 0.429. The molecule has 2 N–H and O–H groups in total. The summed E-state index contributed by atoms with van der Waals surface area (Å²) in [6.45, 7) is 3.66. The molecular weight excluding hydrogens is 511 g/mol. The van der Waals surface area contributed by atoms with E-state index in [1.54, 1.807) is 6.92 Å². The quantitative estimate of drug-likeness (QED) is 0.401. The first-order valence-corrected chi connectivity index (χ1v) is 12.8. The molecule has 3 aromatic rings. The van der Waals surface area contributed by atoms with Gasteiger partial charge in [0.15, 0.2) is 5.60 Å². The van der Waals surface area contributed by atoms with Crippen LogP contribution in [0.4, 0.5) is 24.9 Å². The van der Waals surface area contributed by atoms with Gasteiger partial charge in [-0.15, -0.1) is 0 Å². The molecule has 4 rings (SSSR count). The minimum atomic E-state index is -5.22. The molecule has 0 bridgehead atoms. The summed E-state index contributed by atoms with van der Waals surface area (Å²) in [6, 6.07) is 14.3. The van der Waals surface area contributed by atoms with E-state index in [0.29, 0.717) is 5.95 Å². The summed E-state index contributed by atoms with van der Waals surface area (Å²) >= 11 is 0. The highest BCUT2D eigenvalue weighted by molar-refractivity contribution is 5.91. The average molecular weight is 544 g/mol. The first-order valence-electron chi connectivity index (χ1n) is 12.8. The van der Waals surface area contributed by atoms with Gasteiger partial charge in [-0.2, -0.15) is 18.2 Å². The number of hydrogen-bond acceptors (Lipinski definition) is 7. The molecule has 1 heterocycles. The molecule has 208 valence electrons. The number of carbonyl (C=O) groups is 2. The van der Waals surface area contributed by atoms with Gasteiger partial charge in [-0.25, -0.2) is 9.78 Å². The zero-order valence-corrected chi connectivity index (χ0v) is 22.3. The van der Waals surface area contributed by atoms with Gasteiger partial charge >= 0.3 is 12.1 Å². The number of aromatic nitrogens is 2. The number of hydrogen-bond donors (Lipinski definition) is 2. The second-order valence-corrected chi connectivity index (χ2v) is 10.2. The number of alkyl halides is 3. The SMILES string of the molecule is Cc1ccc([C@H](C)NC(=O)C2(OC(=O)C(F)(F)F)CCC(Nc3nc(N(C)C)c4ccccc4n3)CC2)cc1. The summed E-state index contributed by atoms with van der Waals surface area (Å²) < 4.78 is 44.4. The fourth-order valence-electron chi connectivity index (χ4n) is 4.75. The smallest absolute Gasteiger partial charge is 0.442 e. The monoisotopic (exact) mass is 543 g/mol. The highest BCUT2D eigenvalue weighted by Gasteiger charge is 2.51. The van der Waals surface area contributed by atoms with Crippen LogP contribution in [0.5, 0.6) is 0 Å². The minimum absolute atomic E-state index is 0.0902. The molecule has 1 aromatic heterocycles. The van der Waals surface area contributed by atoms with Crippen molar-refractivity contribution in [2.24, 2.45) is 0 Å². The van der Waals surface area contributed by atoms with Gasteiger partial charge < -0.3 is 20.3 Å². The van der Waals surface area contributed by atoms with E-state index in [4.69, 9.17) is 4.74 Å². The molecule has 1 aliphatic carbocycles. The van der Waals surface area contributed by atoms with E-state index in [0.717, 1.165) is 27.8 Å². The Balaban J connectivity index is 1.52. The van der Waals surface area contributed by atoms with Crippen LogP contribution < -0.4 is 15.5 Å². The number of amides is 1. The number of benzene rings is 2. The molecule has 0 aliphatic heterocycles. The van der Waals surface area contributed by atoms with E-state index in [1.165, 1.54) is 0 Å². The van der Waals surface area contributed by atoms with Crippen LogP contribution in [0.3, 0.4) is 0 Å². The van der Waals surface area contributed by atoms with E-state index < -0.39 is 29.7 Å². The number of esters is 1. The van der Waals surface area contributed by atoms with Gasteiger partial charge in [0, 0.05) is 25.5 Å². The second-order valence-electron chi connectivity index (χ2n) is 10.2. The van der Waals surface area contributed by atoms with Crippen molar-refractivity contribution in [1.82, 2.24) is 15.3 Å². The van der Waals surface area contributed by atoms with Crippen molar-refractivity contribution < 1.29 is 27.5 Å². The molecule has 11 heteroatoms. The van der Waals surface area contributed by atoms with Crippen LogP contribution in [-0.4, -0.2) is 53.8 Å². The lowest BCUT2D eigenvalue weighted by Gasteiger charge is -2.39. The van der Waals surface area contributed by atoms with Crippen LogP contribution in [0, 0.1) is 6.92 Å². The van der Waals surface area contributed by atoms with E-state index in [2.05, 4.69) is 20.6 Å². The molecule has 1 aliphatic rings. The lowest BCUT2D eigenvalue weighted by Crippen LogP contribution is -2.55.